The molecule has 0 saturated heterocycles. The molecular weight excluding hydrogens is 241 g/mol. The van der Waals surface area contributed by atoms with Gasteiger partial charge in [-0.05, 0) is 24.1 Å². The van der Waals surface area contributed by atoms with Gasteiger partial charge < -0.3 is 5.32 Å². The fourth-order valence-electron chi connectivity index (χ4n) is 1.55. The number of nitrogens with zero attached hydrogens (tertiary/aromatic N) is 1. The van der Waals surface area contributed by atoms with Gasteiger partial charge >= 0.3 is 0 Å². The molecule has 2 aromatic rings. The van der Waals surface area contributed by atoms with Crippen LogP contribution in [0.2, 0.25) is 0 Å². The first-order valence-electron chi connectivity index (χ1n) is 5.44. The molecular formula is C13H11F3N2. The second kappa shape index (κ2) is 5.53. The molecule has 0 aliphatic rings. The fraction of sp³-hybridized carbons (Fsp3) is 0.154. The average molecular weight is 252 g/mol. The first kappa shape index (κ1) is 12.4. The van der Waals surface area contributed by atoms with E-state index in [9.17, 15) is 13.2 Å². The van der Waals surface area contributed by atoms with Gasteiger partial charge in [0.1, 0.15) is 5.82 Å². The van der Waals surface area contributed by atoms with Crippen molar-refractivity contribution in [3.05, 3.63) is 59.7 Å². The number of halogens is 3. The summed E-state index contributed by atoms with van der Waals surface area (Å²) in [5.74, 6) is -3.06. The second-order valence-corrected chi connectivity index (χ2v) is 3.78. The van der Waals surface area contributed by atoms with Gasteiger partial charge in [0, 0.05) is 31.1 Å². The van der Waals surface area contributed by atoms with E-state index in [-0.39, 0.29) is 5.69 Å². The quantitative estimate of drug-likeness (QED) is 0.845. The Bertz CT molecular complexity index is 529. The molecule has 2 rings (SSSR count). The van der Waals surface area contributed by atoms with E-state index in [1.54, 1.807) is 12.4 Å². The maximum atomic E-state index is 13.3. The van der Waals surface area contributed by atoms with Gasteiger partial charge in [-0.2, -0.15) is 0 Å². The molecule has 0 aliphatic heterocycles. The molecule has 94 valence electrons. The highest BCUT2D eigenvalue weighted by Gasteiger charge is 2.08. The van der Waals surface area contributed by atoms with Gasteiger partial charge in [0.15, 0.2) is 11.6 Å². The molecule has 1 N–H and O–H groups in total. The van der Waals surface area contributed by atoms with E-state index in [1.165, 1.54) is 0 Å². The van der Waals surface area contributed by atoms with E-state index < -0.39 is 17.5 Å². The molecule has 18 heavy (non-hydrogen) atoms. The summed E-state index contributed by atoms with van der Waals surface area (Å²) in [6.07, 6.45) is 3.96. The molecule has 5 heteroatoms. The van der Waals surface area contributed by atoms with Crippen LogP contribution in [0.4, 0.5) is 18.9 Å². The summed E-state index contributed by atoms with van der Waals surface area (Å²) in [5, 5.41) is 2.73. The molecule has 0 amide bonds. The maximum Gasteiger partial charge on any atom is 0.161 e. The third kappa shape index (κ3) is 3.00. The van der Waals surface area contributed by atoms with Crippen molar-refractivity contribution >= 4 is 5.69 Å². The van der Waals surface area contributed by atoms with Crippen LogP contribution in [-0.4, -0.2) is 11.5 Å². The number of pyridine rings is 1. The Labute approximate surface area is 102 Å². The van der Waals surface area contributed by atoms with Crippen molar-refractivity contribution in [3.63, 3.8) is 0 Å². The van der Waals surface area contributed by atoms with Crippen LogP contribution in [0.1, 0.15) is 5.56 Å². The van der Waals surface area contributed by atoms with Crippen molar-refractivity contribution in [2.24, 2.45) is 0 Å². The van der Waals surface area contributed by atoms with Gasteiger partial charge in [0.25, 0.3) is 0 Å². The van der Waals surface area contributed by atoms with Crippen molar-refractivity contribution in [1.29, 1.82) is 0 Å². The molecule has 0 bridgehead atoms. The molecule has 0 atom stereocenters. The number of benzene rings is 1. The highest BCUT2D eigenvalue weighted by Crippen LogP contribution is 2.18. The average Bonchev–Trinajstić information content (AvgIpc) is 2.37. The zero-order chi connectivity index (χ0) is 13.0. The summed E-state index contributed by atoms with van der Waals surface area (Å²) in [7, 11) is 0. The summed E-state index contributed by atoms with van der Waals surface area (Å²) in [6, 6.07) is 5.02. The van der Waals surface area contributed by atoms with Crippen LogP contribution in [0.25, 0.3) is 0 Å². The van der Waals surface area contributed by atoms with Crippen molar-refractivity contribution in [1.82, 2.24) is 4.98 Å². The predicted octanol–water partition coefficient (Wildman–Crippen LogP) is 3.15. The lowest BCUT2D eigenvalue weighted by Gasteiger charge is -2.08. The Morgan fingerprint density at radius 1 is 0.944 bits per heavy atom. The first-order chi connectivity index (χ1) is 8.66. The minimum absolute atomic E-state index is 0.0389. The SMILES string of the molecule is Fc1cc(F)c(NCCc2ccncc2)cc1F. The predicted molar refractivity (Wildman–Crippen MR) is 62.7 cm³/mol. The Morgan fingerprint density at radius 2 is 1.61 bits per heavy atom. The summed E-state index contributed by atoms with van der Waals surface area (Å²) in [4.78, 5) is 3.88. The smallest absolute Gasteiger partial charge is 0.161 e. The molecule has 1 aromatic heterocycles. The Balaban J connectivity index is 1.97. The molecule has 0 spiro atoms. The van der Waals surface area contributed by atoms with Crippen molar-refractivity contribution in [2.45, 2.75) is 6.42 Å². The zero-order valence-electron chi connectivity index (χ0n) is 9.46. The standard InChI is InChI=1S/C13H11F3N2/c14-10-7-12(16)13(8-11(10)15)18-6-3-9-1-4-17-5-2-9/h1-2,4-5,7-8,18H,3,6H2. The van der Waals surface area contributed by atoms with Crippen LogP contribution in [0.3, 0.4) is 0 Å². The maximum absolute atomic E-state index is 13.3. The lowest BCUT2D eigenvalue weighted by atomic mass is 10.2. The topological polar surface area (TPSA) is 24.9 Å². The van der Waals surface area contributed by atoms with Crippen molar-refractivity contribution in [2.75, 3.05) is 11.9 Å². The molecule has 0 radical (unpaired) electrons. The van der Waals surface area contributed by atoms with E-state index in [1.807, 2.05) is 12.1 Å². The van der Waals surface area contributed by atoms with Crippen LogP contribution < -0.4 is 5.32 Å². The molecule has 2 nitrogen and oxygen atoms in total. The number of anilines is 1. The van der Waals surface area contributed by atoms with E-state index in [4.69, 9.17) is 0 Å². The fourth-order valence-corrected chi connectivity index (χ4v) is 1.55. The van der Waals surface area contributed by atoms with Crippen molar-refractivity contribution in [3.8, 4) is 0 Å². The van der Waals surface area contributed by atoms with Crippen molar-refractivity contribution < 1.29 is 13.2 Å². The Morgan fingerprint density at radius 3 is 2.33 bits per heavy atom. The van der Waals surface area contributed by atoms with Gasteiger partial charge in [0.2, 0.25) is 0 Å². The third-order valence-electron chi connectivity index (χ3n) is 2.49. The van der Waals surface area contributed by atoms with Crippen LogP contribution in [0, 0.1) is 17.5 Å². The second-order valence-electron chi connectivity index (χ2n) is 3.78. The van der Waals surface area contributed by atoms with E-state index in [0.717, 1.165) is 11.6 Å². The van der Waals surface area contributed by atoms with E-state index >= 15 is 0 Å². The highest BCUT2D eigenvalue weighted by molar-refractivity contribution is 5.45. The minimum Gasteiger partial charge on any atom is -0.382 e. The summed E-state index contributed by atoms with van der Waals surface area (Å²) < 4.78 is 38.9. The van der Waals surface area contributed by atoms with Gasteiger partial charge in [-0.3, -0.25) is 4.98 Å². The van der Waals surface area contributed by atoms with Gasteiger partial charge in [-0.25, -0.2) is 13.2 Å². The highest BCUT2D eigenvalue weighted by atomic mass is 19.2. The largest absolute Gasteiger partial charge is 0.382 e. The lowest BCUT2D eigenvalue weighted by molar-refractivity contribution is 0.496. The van der Waals surface area contributed by atoms with Crippen LogP contribution in [0.5, 0.6) is 0 Å². The summed E-state index contributed by atoms with van der Waals surface area (Å²) in [5.41, 5.74) is 0.989. The lowest BCUT2D eigenvalue weighted by Crippen LogP contribution is -2.07. The van der Waals surface area contributed by atoms with E-state index in [0.29, 0.717) is 19.0 Å². The van der Waals surface area contributed by atoms with Crippen LogP contribution in [-0.2, 0) is 6.42 Å². The summed E-state index contributed by atoms with van der Waals surface area (Å²) in [6.45, 7) is 0.423. The Hall–Kier alpha value is -2.04. The zero-order valence-corrected chi connectivity index (χ0v) is 9.46. The first-order valence-corrected chi connectivity index (χ1v) is 5.44. The number of nitrogens with one attached hydrogen (secondary N) is 1. The normalized spacial score (nSPS) is 10.4. The number of hydrogen-bond donors (Lipinski definition) is 1. The Kier molecular flexibility index (Phi) is 3.82. The monoisotopic (exact) mass is 252 g/mol. The van der Waals surface area contributed by atoms with Gasteiger partial charge in [-0.15, -0.1) is 0 Å². The minimum atomic E-state index is -1.19. The molecule has 0 unspecified atom stereocenters. The van der Waals surface area contributed by atoms with Crippen LogP contribution in [0.15, 0.2) is 36.7 Å². The number of rotatable bonds is 4. The molecule has 0 fully saturated rings. The third-order valence-corrected chi connectivity index (χ3v) is 2.49. The molecule has 0 aliphatic carbocycles. The number of hydrogen-bond acceptors (Lipinski definition) is 2. The van der Waals surface area contributed by atoms with Gasteiger partial charge in [0.05, 0.1) is 5.69 Å². The van der Waals surface area contributed by atoms with Crippen LogP contribution >= 0.6 is 0 Å². The van der Waals surface area contributed by atoms with Gasteiger partial charge in [-0.1, -0.05) is 0 Å². The molecule has 1 aromatic carbocycles. The molecule has 0 saturated carbocycles. The molecule has 1 heterocycles. The summed E-state index contributed by atoms with van der Waals surface area (Å²) >= 11 is 0. The number of aromatic nitrogens is 1. The van der Waals surface area contributed by atoms with E-state index in [2.05, 4.69) is 10.3 Å².